The van der Waals surface area contributed by atoms with E-state index < -0.39 is 5.82 Å². The molecular weight excluding hydrogens is 355 g/mol. The summed E-state index contributed by atoms with van der Waals surface area (Å²) in [5.41, 5.74) is 0.00258. The van der Waals surface area contributed by atoms with E-state index in [4.69, 9.17) is 0 Å². The normalized spacial score (nSPS) is 34.4. The van der Waals surface area contributed by atoms with Gasteiger partial charge >= 0.3 is 0 Å². The number of benzene rings is 1. The van der Waals surface area contributed by atoms with Crippen molar-refractivity contribution in [3.8, 4) is 0 Å². The van der Waals surface area contributed by atoms with Gasteiger partial charge in [0.05, 0.1) is 11.0 Å². The third-order valence-corrected chi connectivity index (χ3v) is 7.67. The number of carbonyl (C=O) groups excluding carboxylic acids is 2. The number of nitrogens with zero attached hydrogens (tertiary/aromatic N) is 2. The largest absolute Gasteiger partial charge is 0.340 e. The van der Waals surface area contributed by atoms with Crippen molar-refractivity contribution in [1.82, 2.24) is 9.80 Å². The third kappa shape index (κ3) is 3.03. The van der Waals surface area contributed by atoms with E-state index >= 15 is 0 Å². The lowest BCUT2D eigenvalue weighted by Gasteiger charge is -2.56. The van der Waals surface area contributed by atoms with E-state index in [1.54, 1.807) is 23.1 Å². The second-order valence-corrected chi connectivity index (χ2v) is 9.62. The summed E-state index contributed by atoms with van der Waals surface area (Å²) in [5, 5.41) is 0. The summed E-state index contributed by atoms with van der Waals surface area (Å²) < 4.78 is 14.0. The van der Waals surface area contributed by atoms with Crippen molar-refractivity contribution < 1.29 is 14.0 Å². The zero-order chi connectivity index (χ0) is 19.3. The molecule has 5 aliphatic rings. The SMILES string of the molecule is O=C(c1ccccc1F)N1CCCN(C(=O)C23CC4CC(CC(C4)C2)C3)CC1. The molecule has 4 saturated carbocycles. The van der Waals surface area contributed by atoms with Crippen molar-refractivity contribution in [2.24, 2.45) is 23.2 Å². The molecule has 4 aliphatic carbocycles. The Morgan fingerprint density at radius 3 is 2.07 bits per heavy atom. The molecular formula is C23H29FN2O2. The number of rotatable bonds is 2. The molecule has 2 amide bonds. The standard InChI is InChI=1S/C23H29FN2O2/c24-20-5-2-1-4-19(20)21(27)25-6-3-7-26(9-8-25)22(28)23-13-16-10-17(14-23)12-18(11-16)15-23/h1-2,4-5,16-18H,3,6-15H2. The van der Waals surface area contributed by atoms with Gasteiger partial charge in [-0.25, -0.2) is 4.39 Å². The van der Waals surface area contributed by atoms with E-state index in [1.165, 1.54) is 25.3 Å². The van der Waals surface area contributed by atoms with Crippen LogP contribution in [0.2, 0.25) is 0 Å². The molecule has 6 rings (SSSR count). The van der Waals surface area contributed by atoms with Crippen LogP contribution in [0, 0.1) is 29.0 Å². The van der Waals surface area contributed by atoms with Crippen LogP contribution in [0.3, 0.4) is 0 Å². The smallest absolute Gasteiger partial charge is 0.256 e. The maximum Gasteiger partial charge on any atom is 0.256 e. The summed E-state index contributed by atoms with van der Waals surface area (Å²) in [6.45, 7) is 2.35. The lowest BCUT2D eigenvalue weighted by molar-refractivity contribution is -0.157. The van der Waals surface area contributed by atoms with E-state index in [0.29, 0.717) is 32.1 Å². The van der Waals surface area contributed by atoms with Crippen molar-refractivity contribution in [3.63, 3.8) is 0 Å². The van der Waals surface area contributed by atoms with Crippen LogP contribution in [-0.4, -0.2) is 47.8 Å². The highest BCUT2D eigenvalue weighted by atomic mass is 19.1. The molecule has 0 aromatic heterocycles. The monoisotopic (exact) mass is 384 g/mol. The quantitative estimate of drug-likeness (QED) is 0.780. The van der Waals surface area contributed by atoms with Gasteiger partial charge in [-0.3, -0.25) is 9.59 Å². The minimum Gasteiger partial charge on any atom is -0.340 e. The highest BCUT2D eigenvalue weighted by Crippen LogP contribution is 2.60. The number of hydrogen-bond donors (Lipinski definition) is 0. The van der Waals surface area contributed by atoms with Crippen LogP contribution in [0.15, 0.2) is 24.3 Å². The van der Waals surface area contributed by atoms with E-state index in [2.05, 4.69) is 0 Å². The maximum absolute atomic E-state index is 14.0. The van der Waals surface area contributed by atoms with Crippen LogP contribution >= 0.6 is 0 Å². The van der Waals surface area contributed by atoms with Crippen LogP contribution in [0.4, 0.5) is 4.39 Å². The highest BCUT2D eigenvalue weighted by Gasteiger charge is 2.55. The third-order valence-electron chi connectivity index (χ3n) is 7.67. The molecule has 150 valence electrons. The zero-order valence-corrected chi connectivity index (χ0v) is 16.4. The van der Waals surface area contributed by atoms with Crippen LogP contribution < -0.4 is 0 Å². The fraction of sp³-hybridized carbons (Fsp3) is 0.652. The molecule has 5 fully saturated rings. The summed E-state index contributed by atoms with van der Waals surface area (Å²) in [7, 11) is 0. The summed E-state index contributed by atoms with van der Waals surface area (Å²) >= 11 is 0. The first kappa shape index (κ1) is 18.1. The average Bonchev–Trinajstić information content (AvgIpc) is 2.92. The van der Waals surface area contributed by atoms with Gasteiger partial charge in [0.2, 0.25) is 5.91 Å². The van der Waals surface area contributed by atoms with Crippen LogP contribution in [0.5, 0.6) is 0 Å². The van der Waals surface area contributed by atoms with Crippen LogP contribution in [-0.2, 0) is 4.79 Å². The number of amides is 2. The Morgan fingerprint density at radius 2 is 1.43 bits per heavy atom. The molecule has 28 heavy (non-hydrogen) atoms. The van der Waals surface area contributed by atoms with Crippen LogP contribution in [0.1, 0.15) is 55.3 Å². The van der Waals surface area contributed by atoms with Crippen molar-refractivity contribution in [1.29, 1.82) is 0 Å². The topological polar surface area (TPSA) is 40.6 Å². The molecule has 1 aromatic carbocycles. The van der Waals surface area contributed by atoms with E-state index in [-0.39, 0.29) is 16.9 Å². The molecule has 1 aliphatic heterocycles. The van der Waals surface area contributed by atoms with E-state index in [1.807, 2.05) is 4.90 Å². The summed E-state index contributed by atoms with van der Waals surface area (Å²) in [6, 6.07) is 6.16. The first-order valence-electron chi connectivity index (χ1n) is 10.9. The Morgan fingerprint density at radius 1 is 0.857 bits per heavy atom. The summed E-state index contributed by atoms with van der Waals surface area (Å²) in [5.74, 6) is 1.86. The first-order chi connectivity index (χ1) is 13.5. The van der Waals surface area contributed by atoms with Crippen molar-refractivity contribution in [2.75, 3.05) is 26.2 Å². The average molecular weight is 384 g/mol. The second kappa shape index (κ2) is 6.85. The molecule has 0 unspecified atom stereocenters. The summed E-state index contributed by atoms with van der Waals surface area (Å²) in [4.78, 5) is 30.1. The Kier molecular flexibility index (Phi) is 4.44. The van der Waals surface area contributed by atoms with Gasteiger partial charge in [-0.2, -0.15) is 0 Å². The number of hydrogen-bond acceptors (Lipinski definition) is 2. The highest BCUT2D eigenvalue weighted by molar-refractivity contribution is 5.94. The fourth-order valence-electron chi connectivity index (χ4n) is 6.84. The maximum atomic E-state index is 14.0. The molecule has 1 saturated heterocycles. The molecule has 4 nitrogen and oxygen atoms in total. The molecule has 5 heteroatoms. The first-order valence-corrected chi connectivity index (χ1v) is 10.9. The molecule has 4 bridgehead atoms. The second-order valence-electron chi connectivity index (χ2n) is 9.62. The van der Waals surface area contributed by atoms with Gasteiger partial charge in [0.25, 0.3) is 5.91 Å². The van der Waals surface area contributed by atoms with Crippen molar-refractivity contribution >= 4 is 11.8 Å². The molecule has 0 radical (unpaired) electrons. The number of halogens is 1. The Hall–Kier alpha value is -1.91. The van der Waals surface area contributed by atoms with Crippen molar-refractivity contribution in [2.45, 2.75) is 44.9 Å². The molecule has 0 atom stereocenters. The Balaban J connectivity index is 1.28. The van der Waals surface area contributed by atoms with Gasteiger partial charge in [-0.05, 0) is 74.8 Å². The van der Waals surface area contributed by atoms with Crippen LogP contribution in [0.25, 0.3) is 0 Å². The Bertz CT molecular complexity index is 757. The number of carbonyl (C=O) groups is 2. The van der Waals surface area contributed by atoms with Crippen molar-refractivity contribution in [3.05, 3.63) is 35.6 Å². The predicted molar refractivity (Wildman–Crippen MR) is 104 cm³/mol. The molecule has 0 spiro atoms. The Labute approximate surface area is 166 Å². The minimum absolute atomic E-state index is 0.126. The van der Waals surface area contributed by atoms with Gasteiger partial charge in [-0.15, -0.1) is 0 Å². The summed E-state index contributed by atoms with van der Waals surface area (Å²) in [6.07, 6.45) is 7.98. The molecule has 0 N–H and O–H groups in total. The zero-order valence-electron chi connectivity index (χ0n) is 16.4. The van der Waals surface area contributed by atoms with Gasteiger partial charge in [-0.1, -0.05) is 12.1 Å². The van der Waals surface area contributed by atoms with Gasteiger partial charge < -0.3 is 9.80 Å². The van der Waals surface area contributed by atoms with Gasteiger partial charge in [0.15, 0.2) is 0 Å². The lowest BCUT2D eigenvalue weighted by atomic mass is 9.49. The predicted octanol–water partition coefficient (Wildman–Crippen LogP) is 3.72. The van der Waals surface area contributed by atoms with E-state index in [0.717, 1.165) is 43.4 Å². The lowest BCUT2D eigenvalue weighted by Crippen LogP contribution is -2.55. The molecule has 1 heterocycles. The van der Waals surface area contributed by atoms with Gasteiger partial charge in [0, 0.05) is 26.2 Å². The fourth-order valence-corrected chi connectivity index (χ4v) is 6.84. The molecule has 1 aromatic rings. The minimum atomic E-state index is -0.474. The van der Waals surface area contributed by atoms with Gasteiger partial charge in [0.1, 0.15) is 5.82 Å². The van der Waals surface area contributed by atoms with E-state index in [9.17, 15) is 14.0 Å².